The molecule has 1 aromatic heterocycles. The number of amides is 2. The zero-order chi connectivity index (χ0) is 15.9. The molecule has 0 atom stereocenters. The van der Waals surface area contributed by atoms with Gasteiger partial charge < -0.3 is 10.6 Å². The van der Waals surface area contributed by atoms with Crippen molar-refractivity contribution in [2.24, 2.45) is 0 Å². The number of aromatic amines is 1. The number of aryl methyl sites for hydroxylation is 1. The molecule has 0 unspecified atom stereocenters. The maximum absolute atomic E-state index is 11.8. The lowest BCUT2D eigenvalue weighted by Gasteiger charge is -2.07. The van der Waals surface area contributed by atoms with E-state index in [1.165, 1.54) is 5.56 Å². The second-order valence-electron chi connectivity index (χ2n) is 4.79. The summed E-state index contributed by atoms with van der Waals surface area (Å²) >= 11 is 1.73. The number of hydrogen-bond acceptors (Lipinski definition) is 4. The highest BCUT2D eigenvalue weighted by molar-refractivity contribution is 7.97. The van der Waals surface area contributed by atoms with Crippen molar-refractivity contribution in [3.63, 3.8) is 0 Å². The molecule has 0 saturated carbocycles. The van der Waals surface area contributed by atoms with Crippen LogP contribution in [-0.2, 0) is 21.9 Å². The highest BCUT2D eigenvalue weighted by Crippen LogP contribution is 2.13. The highest BCUT2D eigenvalue weighted by atomic mass is 32.2. The van der Waals surface area contributed by atoms with Gasteiger partial charge >= 0.3 is 11.8 Å². The fourth-order valence-electron chi connectivity index (χ4n) is 1.85. The number of anilines is 1. The third kappa shape index (κ3) is 4.36. The number of rotatable bonds is 5. The molecule has 1 aromatic carbocycles. The van der Waals surface area contributed by atoms with Crippen LogP contribution in [0.3, 0.4) is 0 Å². The van der Waals surface area contributed by atoms with Gasteiger partial charge in [0.15, 0.2) is 0 Å². The zero-order valence-electron chi connectivity index (χ0n) is 12.5. The average Bonchev–Trinajstić information content (AvgIpc) is 2.92. The van der Waals surface area contributed by atoms with Crippen molar-refractivity contribution in [1.29, 1.82) is 0 Å². The summed E-state index contributed by atoms with van der Waals surface area (Å²) < 4.78 is 0. The summed E-state index contributed by atoms with van der Waals surface area (Å²) in [4.78, 5) is 23.6. The number of nitrogens with one attached hydrogen (secondary N) is 3. The molecular weight excluding hydrogens is 300 g/mol. The van der Waals surface area contributed by atoms with E-state index < -0.39 is 11.8 Å². The Hall–Kier alpha value is -2.28. The summed E-state index contributed by atoms with van der Waals surface area (Å²) in [5, 5.41) is 11.8. The second kappa shape index (κ2) is 7.65. The number of benzene rings is 1. The smallest absolute Gasteiger partial charge is 0.313 e. The quantitative estimate of drug-likeness (QED) is 0.734. The maximum Gasteiger partial charge on any atom is 0.313 e. The Balaban J connectivity index is 1.85. The average molecular weight is 318 g/mol. The van der Waals surface area contributed by atoms with Crippen LogP contribution in [0.5, 0.6) is 0 Å². The summed E-state index contributed by atoms with van der Waals surface area (Å²) in [5.74, 6) is -0.439. The molecule has 0 radical (unpaired) electrons. The van der Waals surface area contributed by atoms with Crippen LogP contribution in [0.25, 0.3) is 0 Å². The third-order valence-electron chi connectivity index (χ3n) is 3.10. The van der Waals surface area contributed by atoms with Crippen LogP contribution in [0.1, 0.15) is 16.8 Å². The molecule has 22 heavy (non-hydrogen) atoms. The van der Waals surface area contributed by atoms with Gasteiger partial charge in [-0.3, -0.25) is 14.7 Å². The molecule has 6 nitrogen and oxygen atoms in total. The fourth-order valence-corrected chi connectivity index (χ4v) is 2.37. The van der Waals surface area contributed by atoms with Crippen LogP contribution >= 0.6 is 11.8 Å². The minimum absolute atomic E-state index is 0.265. The van der Waals surface area contributed by atoms with Crippen molar-refractivity contribution in [3.05, 3.63) is 47.3 Å². The summed E-state index contributed by atoms with van der Waals surface area (Å²) in [6, 6.07) is 7.44. The topological polar surface area (TPSA) is 86.9 Å². The molecule has 2 amide bonds. The Kier molecular flexibility index (Phi) is 5.60. The zero-order valence-corrected chi connectivity index (χ0v) is 13.3. The number of carbonyl (C=O) groups excluding carboxylic acids is 2. The summed E-state index contributed by atoms with van der Waals surface area (Å²) in [7, 11) is 0. The first-order valence-electron chi connectivity index (χ1n) is 6.76. The van der Waals surface area contributed by atoms with Crippen molar-refractivity contribution in [2.45, 2.75) is 19.2 Å². The number of carbonyl (C=O) groups is 2. The van der Waals surface area contributed by atoms with Gasteiger partial charge in [0.2, 0.25) is 0 Å². The summed E-state index contributed by atoms with van der Waals surface area (Å²) in [6.45, 7) is 2.12. The van der Waals surface area contributed by atoms with E-state index in [9.17, 15) is 9.59 Å². The molecule has 116 valence electrons. The molecule has 0 fully saturated rings. The Morgan fingerprint density at radius 2 is 1.95 bits per heavy atom. The Labute approximate surface area is 133 Å². The predicted octanol–water partition coefficient (Wildman–Crippen LogP) is 1.84. The minimum Gasteiger partial charge on any atom is -0.344 e. The standard InChI is InChI=1S/C15H18N4O2S/c1-10-12(8-17-19-10)7-16-14(20)15(21)18-13-5-3-11(4-6-13)9-22-2/h3-6,8H,7,9H2,1-2H3,(H,16,20)(H,17,19)(H,18,21). The Bertz CT molecular complexity index is 652. The number of aromatic nitrogens is 2. The van der Waals surface area contributed by atoms with E-state index in [1.807, 2.05) is 25.3 Å². The monoisotopic (exact) mass is 318 g/mol. The van der Waals surface area contributed by atoms with Gasteiger partial charge in [0.05, 0.1) is 6.20 Å². The van der Waals surface area contributed by atoms with Crippen molar-refractivity contribution in [2.75, 3.05) is 11.6 Å². The molecule has 0 bridgehead atoms. The number of nitrogens with zero attached hydrogens (tertiary/aromatic N) is 1. The van der Waals surface area contributed by atoms with E-state index >= 15 is 0 Å². The number of H-pyrrole nitrogens is 1. The normalized spacial score (nSPS) is 10.3. The fraction of sp³-hybridized carbons (Fsp3) is 0.267. The van der Waals surface area contributed by atoms with E-state index in [0.717, 1.165) is 17.0 Å². The van der Waals surface area contributed by atoms with E-state index in [2.05, 4.69) is 20.8 Å². The van der Waals surface area contributed by atoms with Gasteiger partial charge in [-0.2, -0.15) is 16.9 Å². The Morgan fingerprint density at radius 3 is 2.55 bits per heavy atom. The van der Waals surface area contributed by atoms with Crippen LogP contribution in [0.2, 0.25) is 0 Å². The lowest BCUT2D eigenvalue weighted by atomic mass is 10.2. The largest absolute Gasteiger partial charge is 0.344 e. The van der Waals surface area contributed by atoms with Crippen LogP contribution in [0, 0.1) is 6.92 Å². The minimum atomic E-state index is -0.682. The van der Waals surface area contributed by atoms with E-state index in [4.69, 9.17) is 0 Å². The van der Waals surface area contributed by atoms with Crippen LogP contribution < -0.4 is 10.6 Å². The van der Waals surface area contributed by atoms with Crippen LogP contribution in [0.4, 0.5) is 5.69 Å². The molecule has 2 rings (SSSR count). The van der Waals surface area contributed by atoms with Gasteiger partial charge in [-0.25, -0.2) is 0 Å². The Morgan fingerprint density at radius 1 is 1.23 bits per heavy atom. The van der Waals surface area contributed by atoms with E-state index in [1.54, 1.807) is 30.1 Å². The van der Waals surface area contributed by atoms with Gasteiger partial charge in [0.1, 0.15) is 0 Å². The highest BCUT2D eigenvalue weighted by Gasteiger charge is 2.14. The molecule has 3 N–H and O–H groups in total. The first-order chi connectivity index (χ1) is 10.6. The molecular formula is C15H18N4O2S. The lowest BCUT2D eigenvalue weighted by Crippen LogP contribution is -2.35. The molecule has 0 aliphatic carbocycles. The van der Waals surface area contributed by atoms with E-state index in [0.29, 0.717) is 5.69 Å². The molecule has 0 spiro atoms. The molecule has 7 heteroatoms. The predicted molar refractivity (Wildman–Crippen MR) is 87.5 cm³/mol. The molecule has 2 aromatic rings. The van der Waals surface area contributed by atoms with Crippen molar-refractivity contribution in [1.82, 2.24) is 15.5 Å². The van der Waals surface area contributed by atoms with Gasteiger partial charge in [-0.15, -0.1) is 0 Å². The SMILES string of the molecule is CSCc1ccc(NC(=O)C(=O)NCc2cn[nH]c2C)cc1. The van der Waals surface area contributed by atoms with Gasteiger partial charge in [-0.05, 0) is 30.9 Å². The van der Waals surface area contributed by atoms with Gasteiger partial charge in [-0.1, -0.05) is 12.1 Å². The second-order valence-corrected chi connectivity index (χ2v) is 5.65. The molecule has 0 aliphatic heterocycles. The van der Waals surface area contributed by atoms with E-state index in [-0.39, 0.29) is 6.54 Å². The van der Waals surface area contributed by atoms with Crippen LogP contribution in [0.15, 0.2) is 30.5 Å². The van der Waals surface area contributed by atoms with Crippen LogP contribution in [-0.4, -0.2) is 28.3 Å². The lowest BCUT2D eigenvalue weighted by molar-refractivity contribution is -0.136. The number of thioether (sulfide) groups is 1. The summed E-state index contributed by atoms with van der Waals surface area (Å²) in [6.07, 6.45) is 3.65. The number of hydrogen-bond donors (Lipinski definition) is 3. The summed E-state index contributed by atoms with van der Waals surface area (Å²) in [5.41, 5.74) is 3.49. The first-order valence-corrected chi connectivity index (χ1v) is 8.15. The molecule has 1 heterocycles. The maximum atomic E-state index is 11.8. The van der Waals surface area contributed by atoms with Crippen molar-refractivity contribution in [3.8, 4) is 0 Å². The van der Waals surface area contributed by atoms with Gasteiger partial charge in [0.25, 0.3) is 0 Å². The third-order valence-corrected chi connectivity index (χ3v) is 3.72. The first kappa shape index (κ1) is 16.1. The van der Waals surface area contributed by atoms with Crippen molar-refractivity contribution >= 4 is 29.3 Å². The van der Waals surface area contributed by atoms with Gasteiger partial charge in [0, 0.05) is 29.2 Å². The molecule has 0 saturated heterocycles. The molecule has 0 aliphatic rings. The van der Waals surface area contributed by atoms with Crippen molar-refractivity contribution < 1.29 is 9.59 Å².